The van der Waals surface area contributed by atoms with E-state index in [9.17, 15) is 0 Å². The molecule has 0 bridgehead atoms. The van der Waals surface area contributed by atoms with E-state index in [1.165, 1.54) is 0 Å². The summed E-state index contributed by atoms with van der Waals surface area (Å²) in [6, 6.07) is 64.4. The molecule has 1 aliphatic heterocycles. The summed E-state index contributed by atoms with van der Waals surface area (Å²) < 4.78 is 17.7. The summed E-state index contributed by atoms with van der Waals surface area (Å²) in [5.41, 5.74) is 9.14. The van der Waals surface area contributed by atoms with Crippen molar-refractivity contribution in [2.45, 2.75) is 0 Å². The molecule has 12 aromatic rings. The minimum Gasteiger partial charge on any atom is -0.440 e. The van der Waals surface area contributed by atoms with Crippen LogP contribution in [0.4, 0.5) is 17.4 Å². The summed E-state index contributed by atoms with van der Waals surface area (Å²) in [5, 5.41) is 0.923. The summed E-state index contributed by atoms with van der Waals surface area (Å²) in [6.45, 7) is -0.568. The molecule has 6 aromatic carbocycles. The second-order valence-corrected chi connectivity index (χ2v) is 15.4. The molecular formula is C52H30BN9O2Pt. The first-order chi connectivity index (χ1) is 31.7. The predicted octanol–water partition coefficient (Wildman–Crippen LogP) is 9.18. The van der Waals surface area contributed by atoms with Crippen LogP contribution in [-0.4, -0.2) is 45.6 Å². The first kappa shape index (κ1) is 38.5. The van der Waals surface area contributed by atoms with E-state index in [1.54, 1.807) is 6.20 Å². The molecular weight excluding hydrogens is 989 g/mol. The van der Waals surface area contributed by atoms with Crippen LogP contribution in [0.2, 0.25) is 0 Å². The number of pyridine rings is 2. The SMILES string of the molecule is [Pt+2].[c-]1ccccc1N1c2ncc(Oc3cccc(-n4c5[c-]cccc5n5c6ccccc6nc45)n3)cc2B(c2nc(-c3ccccc3)nc(-c3ccccc3)n2)c2c1oc1ccccc21. The Hall–Kier alpha value is -8.21. The zero-order valence-corrected chi connectivity index (χ0v) is 36.3. The second-order valence-electron chi connectivity index (χ2n) is 15.4. The fraction of sp³-hybridized carbons (Fsp3) is 0. The van der Waals surface area contributed by atoms with Gasteiger partial charge in [0.05, 0.1) is 17.2 Å². The Labute approximate surface area is 386 Å². The summed E-state index contributed by atoms with van der Waals surface area (Å²) in [5.74, 6) is 4.54. The molecule has 0 unspecified atom stereocenters. The Morgan fingerprint density at radius 1 is 0.615 bits per heavy atom. The van der Waals surface area contributed by atoms with Gasteiger partial charge < -0.3 is 13.6 Å². The van der Waals surface area contributed by atoms with Crippen LogP contribution < -0.4 is 26.3 Å². The van der Waals surface area contributed by atoms with E-state index in [-0.39, 0.29) is 21.1 Å². The van der Waals surface area contributed by atoms with Gasteiger partial charge in [-0.3, -0.25) is 9.47 Å². The van der Waals surface area contributed by atoms with Crippen LogP contribution in [0.25, 0.3) is 67.4 Å². The minimum absolute atomic E-state index is 0. The number of imidazole rings is 2. The van der Waals surface area contributed by atoms with Crippen LogP contribution in [0.3, 0.4) is 0 Å². The predicted molar refractivity (Wildman–Crippen MR) is 249 cm³/mol. The van der Waals surface area contributed by atoms with Crippen molar-refractivity contribution < 1.29 is 30.2 Å². The maximum atomic E-state index is 6.79. The standard InChI is InChI=1S/C52H30BN9O2.Pt/c1-4-17-33(18-5-1)47-57-48(34-19-6-2-7-20-34)59-51(58-47)53-38-31-36(32-54-49(38)60(35-21-8-3-9-22-35)50-46(53)37-23-10-15-28-43(37)64-50)63-45-30-16-29-44(56-45)62-42-27-14-13-26-41(42)61-40-25-12-11-24-39(40)55-52(61)62;/h1-21,23-26,28-32H;/q-2;+2. The molecule has 6 aromatic heterocycles. The largest absolute Gasteiger partial charge is 2.00 e. The van der Waals surface area contributed by atoms with Crippen molar-refractivity contribution in [2.75, 3.05) is 4.90 Å². The Morgan fingerprint density at radius 3 is 2.14 bits per heavy atom. The van der Waals surface area contributed by atoms with Crippen molar-refractivity contribution in [3.63, 3.8) is 0 Å². The number of furan rings is 1. The topological polar surface area (TPSA) is 112 Å². The summed E-state index contributed by atoms with van der Waals surface area (Å²) in [6.07, 6.45) is 1.71. The van der Waals surface area contributed by atoms with Crippen molar-refractivity contribution in [3.8, 4) is 40.2 Å². The van der Waals surface area contributed by atoms with Crippen LogP contribution in [-0.2, 0) is 21.1 Å². The van der Waals surface area contributed by atoms with Gasteiger partial charge in [0.15, 0.2) is 17.5 Å². The third kappa shape index (κ3) is 6.32. The summed E-state index contributed by atoms with van der Waals surface area (Å²) >= 11 is 0. The quantitative estimate of drug-likeness (QED) is 0.114. The molecule has 0 N–H and O–H groups in total. The van der Waals surface area contributed by atoms with E-state index in [0.29, 0.717) is 46.5 Å². The molecule has 7 heterocycles. The van der Waals surface area contributed by atoms with Gasteiger partial charge in [0.2, 0.25) is 11.7 Å². The number of rotatable bonds is 7. The number of anilines is 3. The first-order valence-electron chi connectivity index (χ1n) is 20.8. The molecule has 11 nitrogen and oxygen atoms in total. The molecule has 13 heteroatoms. The van der Waals surface area contributed by atoms with E-state index in [0.717, 1.165) is 66.6 Å². The molecule has 0 fully saturated rings. The van der Waals surface area contributed by atoms with E-state index in [1.807, 2.05) is 167 Å². The molecule has 1 aliphatic rings. The van der Waals surface area contributed by atoms with E-state index >= 15 is 0 Å². The molecule has 65 heavy (non-hydrogen) atoms. The van der Waals surface area contributed by atoms with Crippen molar-refractivity contribution >= 4 is 79.6 Å². The molecule has 13 rings (SSSR count). The Bertz CT molecular complexity index is 3690. The number of hydrogen-bond donors (Lipinski definition) is 0. The number of ether oxygens (including phenoxy) is 1. The van der Waals surface area contributed by atoms with Gasteiger partial charge in [0.25, 0.3) is 0 Å². The number of aromatic nitrogens is 8. The van der Waals surface area contributed by atoms with Gasteiger partial charge in [-0.25, -0.2) is 24.9 Å². The smallest absolute Gasteiger partial charge is 0.440 e. The minimum atomic E-state index is -0.568. The maximum Gasteiger partial charge on any atom is 2.00 e. The molecule has 0 atom stereocenters. The molecule has 0 saturated heterocycles. The molecule has 0 spiro atoms. The maximum absolute atomic E-state index is 6.79. The number of para-hydroxylation sites is 5. The Morgan fingerprint density at radius 2 is 1.34 bits per heavy atom. The number of nitrogens with zero attached hydrogens (tertiary/aromatic N) is 9. The van der Waals surface area contributed by atoms with E-state index in [2.05, 4.69) is 34.7 Å². The van der Waals surface area contributed by atoms with Gasteiger partial charge in [-0.15, -0.1) is 12.1 Å². The summed E-state index contributed by atoms with van der Waals surface area (Å²) in [7, 11) is 0. The average molecular weight is 1020 g/mol. The van der Waals surface area contributed by atoms with E-state index < -0.39 is 6.71 Å². The van der Waals surface area contributed by atoms with Gasteiger partial charge in [-0.2, -0.15) is 47.4 Å². The van der Waals surface area contributed by atoms with Crippen LogP contribution in [0.1, 0.15) is 0 Å². The van der Waals surface area contributed by atoms with Crippen molar-refractivity contribution in [1.29, 1.82) is 0 Å². The monoisotopic (exact) mass is 1020 g/mol. The second kappa shape index (κ2) is 15.5. The average Bonchev–Trinajstić information content (AvgIpc) is 4.03. The Balaban J connectivity index is 0.00000444. The zero-order chi connectivity index (χ0) is 42.1. The van der Waals surface area contributed by atoms with Gasteiger partial charge >= 0.3 is 27.8 Å². The van der Waals surface area contributed by atoms with Crippen molar-refractivity contribution in [2.24, 2.45) is 0 Å². The first-order valence-corrected chi connectivity index (χ1v) is 20.8. The number of hydrogen-bond acceptors (Lipinski definition) is 9. The molecule has 0 amide bonds. The molecule has 308 valence electrons. The van der Waals surface area contributed by atoms with Gasteiger partial charge in [-0.05, 0) is 46.8 Å². The third-order valence-corrected chi connectivity index (χ3v) is 11.6. The fourth-order valence-electron chi connectivity index (χ4n) is 8.83. The van der Waals surface area contributed by atoms with Gasteiger partial charge in [0, 0.05) is 28.0 Å². The number of benzene rings is 6. The van der Waals surface area contributed by atoms with Crippen LogP contribution >= 0.6 is 0 Å². The summed E-state index contributed by atoms with van der Waals surface area (Å²) in [4.78, 5) is 32.8. The third-order valence-electron chi connectivity index (χ3n) is 11.6. The van der Waals surface area contributed by atoms with Crippen LogP contribution in [0, 0.1) is 12.1 Å². The fourth-order valence-corrected chi connectivity index (χ4v) is 8.83. The van der Waals surface area contributed by atoms with E-state index in [4.69, 9.17) is 39.1 Å². The number of fused-ring (bicyclic) bond motifs is 9. The molecule has 0 aliphatic carbocycles. The Kier molecular flexibility index (Phi) is 9.20. The molecule has 0 saturated carbocycles. The van der Waals surface area contributed by atoms with Crippen molar-refractivity contribution in [1.82, 2.24) is 38.9 Å². The normalized spacial score (nSPS) is 12.1. The van der Waals surface area contributed by atoms with Crippen LogP contribution in [0.15, 0.2) is 187 Å². The van der Waals surface area contributed by atoms with Gasteiger partial charge in [0.1, 0.15) is 28.7 Å². The van der Waals surface area contributed by atoms with Gasteiger partial charge in [-0.1, -0.05) is 103 Å². The zero-order valence-electron chi connectivity index (χ0n) is 34.1. The van der Waals surface area contributed by atoms with Crippen molar-refractivity contribution in [3.05, 3.63) is 194 Å². The van der Waals surface area contributed by atoms with Crippen LogP contribution in [0.5, 0.6) is 11.6 Å². The molecule has 0 radical (unpaired) electrons.